The van der Waals surface area contributed by atoms with Gasteiger partial charge in [0.2, 0.25) is 0 Å². The number of benzene rings is 1. The van der Waals surface area contributed by atoms with Crippen LogP contribution in [0.4, 0.5) is 0 Å². The minimum atomic E-state index is 0.260. The molecular formula is C17H20N2O. The van der Waals surface area contributed by atoms with Gasteiger partial charge in [0.15, 0.2) is 0 Å². The molecule has 2 aromatic rings. The van der Waals surface area contributed by atoms with Gasteiger partial charge in [0.25, 0.3) is 0 Å². The lowest BCUT2D eigenvalue weighted by Crippen LogP contribution is -2.23. The third kappa shape index (κ3) is 2.41. The van der Waals surface area contributed by atoms with Crippen LogP contribution in [0.3, 0.4) is 0 Å². The van der Waals surface area contributed by atoms with Crippen LogP contribution in [-0.4, -0.2) is 18.6 Å². The second kappa shape index (κ2) is 5.63. The van der Waals surface area contributed by atoms with Crippen molar-refractivity contribution in [1.29, 1.82) is 0 Å². The first-order valence-electron chi connectivity index (χ1n) is 7.13. The Morgan fingerprint density at radius 2 is 2.15 bits per heavy atom. The zero-order chi connectivity index (χ0) is 13.9. The largest absolute Gasteiger partial charge is 0.493 e. The van der Waals surface area contributed by atoms with E-state index in [9.17, 15) is 0 Å². The lowest BCUT2D eigenvalue weighted by Gasteiger charge is -2.24. The average Bonchev–Trinajstić information content (AvgIpc) is 2.96. The standard InChI is InChI=1S/C17H20N2O/c1-12(15-5-3-4-9-19-15)17(18-2)14-6-7-16-13(11-14)8-10-20-16/h3-7,9,11-12,17-18H,8,10H2,1-2H3. The summed E-state index contributed by atoms with van der Waals surface area (Å²) in [4.78, 5) is 4.48. The van der Waals surface area contributed by atoms with Gasteiger partial charge in [0, 0.05) is 30.3 Å². The van der Waals surface area contributed by atoms with Crippen LogP contribution in [0.25, 0.3) is 0 Å². The third-order valence-corrected chi connectivity index (χ3v) is 4.04. The summed E-state index contributed by atoms with van der Waals surface area (Å²) in [5, 5.41) is 3.43. The highest BCUT2D eigenvalue weighted by Crippen LogP contribution is 2.33. The van der Waals surface area contributed by atoms with Crippen molar-refractivity contribution in [3.8, 4) is 5.75 Å². The first-order valence-corrected chi connectivity index (χ1v) is 7.13. The predicted octanol–water partition coefficient (Wildman–Crippen LogP) is 3.08. The minimum Gasteiger partial charge on any atom is -0.493 e. The van der Waals surface area contributed by atoms with Gasteiger partial charge in [-0.05, 0) is 36.4 Å². The Kier molecular flexibility index (Phi) is 3.70. The van der Waals surface area contributed by atoms with Gasteiger partial charge in [0.1, 0.15) is 5.75 Å². The summed E-state index contributed by atoms with van der Waals surface area (Å²) in [6.07, 6.45) is 2.87. The van der Waals surface area contributed by atoms with Crippen LogP contribution in [0.2, 0.25) is 0 Å². The second-order valence-electron chi connectivity index (χ2n) is 5.28. The molecule has 2 unspecified atom stereocenters. The predicted molar refractivity (Wildman–Crippen MR) is 80.1 cm³/mol. The maximum absolute atomic E-state index is 5.58. The molecule has 0 bridgehead atoms. The SMILES string of the molecule is CNC(c1ccc2c(c1)CCO2)C(C)c1ccccn1. The summed E-state index contributed by atoms with van der Waals surface area (Å²) in [6, 6.07) is 12.9. The van der Waals surface area contributed by atoms with Gasteiger partial charge in [0.05, 0.1) is 6.61 Å². The Hall–Kier alpha value is -1.87. The molecule has 0 radical (unpaired) electrons. The highest BCUT2D eigenvalue weighted by atomic mass is 16.5. The molecule has 0 saturated carbocycles. The quantitative estimate of drug-likeness (QED) is 0.925. The zero-order valence-corrected chi connectivity index (χ0v) is 12.0. The van der Waals surface area contributed by atoms with Crippen molar-refractivity contribution in [3.63, 3.8) is 0 Å². The van der Waals surface area contributed by atoms with Crippen molar-refractivity contribution in [2.24, 2.45) is 0 Å². The van der Waals surface area contributed by atoms with Crippen LogP contribution in [0.15, 0.2) is 42.6 Å². The van der Waals surface area contributed by atoms with Crippen LogP contribution in [0.1, 0.15) is 35.7 Å². The molecule has 0 spiro atoms. The van der Waals surface area contributed by atoms with Gasteiger partial charge in [-0.25, -0.2) is 0 Å². The molecule has 3 heteroatoms. The van der Waals surface area contributed by atoms with Crippen LogP contribution in [0, 0.1) is 0 Å². The molecule has 1 aromatic carbocycles. The van der Waals surface area contributed by atoms with E-state index in [0.29, 0.717) is 5.92 Å². The maximum Gasteiger partial charge on any atom is 0.122 e. The smallest absolute Gasteiger partial charge is 0.122 e. The van der Waals surface area contributed by atoms with Crippen LogP contribution < -0.4 is 10.1 Å². The van der Waals surface area contributed by atoms with Gasteiger partial charge in [-0.15, -0.1) is 0 Å². The fourth-order valence-corrected chi connectivity index (χ4v) is 2.92. The molecule has 2 atom stereocenters. The average molecular weight is 268 g/mol. The number of nitrogens with zero attached hydrogens (tertiary/aromatic N) is 1. The fraction of sp³-hybridized carbons (Fsp3) is 0.353. The van der Waals surface area contributed by atoms with Crippen molar-refractivity contribution in [1.82, 2.24) is 10.3 Å². The van der Waals surface area contributed by atoms with E-state index in [1.165, 1.54) is 11.1 Å². The molecule has 0 fully saturated rings. The molecule has 1 aliphatic rings. The minimum absolute atomic E-state index is 0.260. The maximum atomic E-state index is 5.58. The molecule has 1 aliphatic heterocycles. The molecule has 104 valence electrons. The zero-order valence-electron chi connectivity index (χ0n) is 12.0. The molecule has 2 heterocycles. The van der Waals surface area contributed by atoms with E-state index in [-0.39, 0.29) is 6.04 Å². The summed E-state index contributed by atoms with van der Waals surface area (Å²) >= 11 is 0. The van der Waals surface area contributed by atoms with E-state index < -0.39 is 0 Å². The Labute approximate surface area is 120 Å². The summed E-state index contributed by atoms with van der Waals surface area (Å²) in [7, 11) is 2.01. The molecular weight excluding hydrogens is 248 g/mol. The highest BCUT2D eigenvalue weighted by molar-refractivity contribution is 5.41. The normalized spacial score (nSPS) is 16.3. The molecule has 0 aliphatic carbocycles. The van der Waals surface area contributed by atoms with Crippen molar-refractivity contribution in [2.45, 2.75) is 25.3 Å². The van der Waals surface area contributed by atoms with Gasteiger partial charge < -0.3 is 10.1 Å². The van der Waals surface area contributed by atoms with Crippen molar-refractivity contribution >= 4 is 0 Å². The summed E-state index contributed by atoms with van der Waals surface area (Å²) in [5.41, 5.74) is 3.73. The Morgan fingerprint density at radius 1 is 1.25 bits per heavy atom. The topological polar surface area (TPSA) is 34.1 Å². The van der Waals surface area contributed by atoms with E-state index >= 15 is 0 Å². The van der Waals surface area contributed by atoms with E-state index in [4.69, 9.17) is 4.74 Å². The number of pyridine rings is 1. The first kappa shape index (κ1) is 13.1. The van der Waals surface area contributed by atoms with Gasteiger partial charge in [-0.3, -0.25) is 4.98 Å². The monoisotopic (exact) mass is 268 g/mol. The Balaban J connectivity index is 1.90. The number of likely N-dealkylation sites (N-methyl/N-ethyl adjacent to an activating group) is 1. The molecule has 1 aromatic heterocycles. The Morgan fingerprint density at radius 3 is 2.90 bits per heavy atom. The van der Waals surface area contributed by atoms with Crippen LogP contribution >= 0.6 is 0 Å². The summed E-state index contributed by atoms with van der Waals surface area (Å²) in [6.45, 7) is 3.02. The van der Waals surface area contributed by atoms with Gasteiger partial charge >= 0.3 is 0 Å². The van der Waals surface area contributed by atoms with E-state index in [0.717, 1.165) is 24.5 Å². The van der Waals surface area contributed by atoms with Crippen molar-refractivity contribution in [2.75, 3.05) is 13.7 Å². The molecule has 0 saturated heterocycles. The van der Waals surface area contributed by atoms with Gasteiger partial charge in [-0.2, -0.15) is 0 Å². The Bertz CT molecular complexity index is 583. The van der Waals surface area contributed by atoms with Gasteiger partial charge in [-0.1, -0.05) is 25.1 Å². The number of nitrogens with one attached hydrogen (secondary N) is 1. The number of hydrogen-bond acceptors (Lipinski definition) is 3. The highest BCUT2D eigenvalue weighted by Gasteiger charge is 2.22. The molecule has 1 N–H and O–H groups in total. The second-order valence-corrected chi connectivity index (χ2v) is 5.28. The summed E-state index contributed by atoms with van der Waals surface area (Å²) < 4.78 is 5.58. The third-order valence-electron chi connectivity index (χ3n) is 4.04. The summed E-state index contributed by atoms with van der Waals surface area (Å²) in [5.74, 6) is 1.36. The number of aromatic nitrogens is 1. The molecule has 3 rings (SSSR count). The number of hydrogen-bond donors (Lipinski definition) is 1. The molecule has 0 amide bonds. The molecule has 20 heavy (non-hydrogen) atoms. The lowest BCUT2D eigenvalue weighted by atomic mass is 9.90. The van der Waals surface area contributed by atoms with Crippen molar-refractivity contribution < 1.29 is 4.74 Å². The first-order chi connectivity index (χ1) is 9.79. The van der Waals surface area contributed by atoms with Crippen LogP contribution in [-0.2, 0) is 6.42 Å². The van der Waals surface area contributed by atoms with E-state index in [1.807, 2.05) is 25.4 Å². The number of ether oxygens (including phenoxy) is 1. The fourth-order valence-electron chi connectivity index (χ4n) is 2.92. The number of fused-ring (bicyclic) bond motifs is 1. The van der Waals surface area contributed by atoms with E-state index in [2.05, 4.69) is 41.5 Å². The van der Waals surface area contributed by atoms with Crippen LogP contribution in [0.5, 0.6) is 5.75 Å². The molecule has 3 nitrogen and oxygen atoms in total. The van der Waals surface area contributed by atoms with Crippen molar-refractivity contribution in [3.05, 3.63) is 59.4 Å². The van der Waals surface area contributed by atoms with E-state index in [1.54, 1.807) is 0 Å². The lowest BCUT2D eigenvalue weighted by molar-refractivity contribution is 0.356. The number of rotatable bonds is 4.